The molecule has 0 radical (unpaired) electrons. The average Bonchev–Trinajstić information content (AvgIpc) is 3.21. The van der Waals surface area contributed by atoms with E-state index in [9.17, 15) is 13.2 Å². The summed E-state index contributed by atoms with van der Waals surface area (Å²) in [6.07, 6.45) is 2.04. The molecule has 0 spiro atoms. The summed E-state index contributed by atoms with van der Waals surface area (Å²) >= 11 is 5.95. The first kappa shape index (κ1) is 29.3. The number of aryl methyl sites for hydroxylation is 3. The summed E-state index contributed by atoms with van der Waals surface area (Å²) < 4.78 is 30.1. The van der Waals surface area contributed by atoms with Crippen LogP contribution in [0.3, 0.4) is 0 Å². The lowest BCUT2D eigenvalue weighted by molar-refractivity contribution is -0.121. The number of nitrogens with one attached hydrogen (secondary N) is 1. The number of carbonyl (C=O) groups excluding carboxylic acids is 1. The van der Waals surface area contributed by atoms with E-state index in [-0.39, 0.29) is 18.0 Å². The molecule has 1 aromatic heterocycles. The molecule has 0 aliphatic rings. The van der Waals surface area contributed by atoms with Crippen molar-refractivity contribution in [3.63, 3.8) is 0 Å². The fourth-order valence-electron chi connectivity index (χ4n) is 4.49. The van der Waals surface area contributed by atoms with Crippen molar-refractivity contribution in [2.75, 3.05) is 13.1 Å². The summed E-state index contributed by atoms with van der Waals surface area (Å²) in [5, 5.41) is 4.57. The van der Waals surface area contributed by atoms with Gasteiger partial charge in [-0.05, 0) is 93.3 Å². The minimum absolute atomic E-state index is 0.0695. The molecule has 1 amide bonds. The van der Waals surface area contributed by atoms with Crippen molar-refractivity contribution in [3.8, 4) is 5.69 Å². The van der Waals surface area contributed by atoms with E-state index in [1.807, 2.05) is 50.2 Å². The van der Waals surface area contributed by atoms with Crippen LogP contribution in [0.4, 0.5) is 0 Å². The van der Waals surface area contributed by atoms with Gasteiger partial charge in [-0.1, -0.05) is 48.0 Å². The normalized spacial score (nSPS) is 11.8. The number of hydrazone groups is 1. The molecule has 0 unspecified atom stereocenters. The molecule has 3 aromatic carbocycles. The predicted molar refractivity (Wildman–Crippen MR) is 161 cm³/mol. The molecular weight excluding hydrogens is 544 g/mol. The van der Waals surface area contributed by atoms with E-state index >= 15 is 0 Å². The highest BCUT2D eigenvalue weighted by molar-refractivity contribution is 7.89. The Morgan fingerprint density at radius 2 is 1.65 bits per heavy atom. The van der Waals surface area contributed by atoms with E-state index in [4.69, 9.17) is 11.6 Å². The van der Waals surface area contributed by atoms with Crippen LogP contribution >= 0.6 is 11.6 Å². The number of halogens is 1. The van der Waals surface area contributed by atoms with E-state index in [2.05, 4.69) is 47.1 Å². The largest absolute Gasteiger partial charge is 0.318 e. The molecular formula is C31H33ClN4O3S. The number of aromatic nitrogens is 1. The molecule has 1 heterocycles. The Morgan fingerprint density at radius 1 is 0.950 bits per heavy atom. The maximum absolute atomic E-state index is 13.4. The van der Waals surface area contributed by atoms with Gasteiger partial charge in [0.2, 0.25) is 10.0 Å². The second kappa shape index (κ2) is 12.6. The molecule has 4 aromatic rings. The number of hydrogen-bond acceptors (Lipinski definition) is 4. The third-order valence-electron chi connectivity index (χ3n) is 6.88. The zero-order chi connectivity index (χ0) is 28.9. The Morgan fingerprint density at radius 3 is 2.33 bits per heavy atom. The van der Waals surface area contributed by atoms with Crippen molar-refractivity contribution < 1.29 is 13.2 Å². The van der Waals surface area contributed by atoms with Crippen molar-refractivity contribution in [2.24, 2.45) is 5.10 Å². The molecule has 4 rings (SSSR count). The van der Waals surface area contributed by atoms with Gasteiger partial charge in [0.05, 0.1) is 17.7 Å². The van der Waals surface area contributed by atoms with Gasteiger partial charge in [-0.25, -0.2) is 13.8 Å². The number of benzene rings is 3. The molecule has 1 N–H and O–H groups in total. The second-order valence-corrected chi connectivity index (χ2v) is 12.1. The van der Waals surface area contributed by atoms with Crippen LogP contribution < -0.4 is 5.43 Å². The van der Waals surface area contributed by atoms with Crippen molar-refractivity contribution in [1.29, 1.82) is 0 Å². The van der Waals surface area contributed by atoms with E-state index in [0.717, 1.165) is 28.2 Å². The van der Waals surface area contributed by atoms with Gasteiger partial charge in [0.15, 0.2) is 0 Å². The summed E-state index contributed by atoms with van der Waals surface area (Å²) in [5.74, 6) is -0.537. The number of hydrogen-bond donors (Lipinski definition) is 1. The van der Waals surface area contributed by atoms with Gasteiger partial charge < -0.3 is 4.57 Å². The lowest BCUT2D eigenvalue weighted by Gasteiger charge is -2.21. The topological polar surface area (TPSA) is 83.8 Å². The monoisotopic (exact) mass is 576 g/mol. The van der Waals surface area contributed by atoms with Crippen LogP contribution in [0.15, 0.2) is 88.9 Å². The zero-order valence-electron chi connectivity index (χ0n) is 23.1. The standard InChI is InChI=1S/C31H33ClN4O3S/c1-22-10-13-29(18-23(22)2)36-24(3)19-27(25(36)4)20-33-34-31(37)21-35(17-16-26-8-6-5-7-9-26)40(38,39)30-14-11-28(32)12-15-30/h5-15,18-20H,16-17,21H2,1-4H3,(H,34,37)/b33-20+. The molecule has 208 valence electrons. The highest BCUT2D eigenvalue weighted by Crippen LogP contribution is 2.22. The molecule has 40 heavy (non-hydrogen) atoms. The molecule has 0 fully saturated rings. The van der Waals surface area contributed by atoms with Gasteiger partial charge in [-0.2, -0.15) is 9.41 Å². The number of amides is 1. The van der Waals surface area contributed by atoms with Gasteiger partial charge >= 0.3 is 0 Å². The number of carbonyl (C=O) groups is 1. The molecule has 0 bridgehead atoms. The third-order valence-corrected chi connectivity index (χ3v) is 8.99. The highest BCUT2D eigenvalue weighted by Gasteiger charge is 2.26. The molecule has 9 heteroatoms. The van der Waals surface area contributed by atoms with E-state index in [0.29, 0.717) is 11.4 Å². The molecule has 0 aliphatic carbocycles. The van der Waals surface area contributed by atoms with Crippen LogP contribution in [-0.2, 0) is 21.2 Å². The summed E-state index contributed by atoms with van der Waals surface area (Å²) in [7, 11) is -3.95. The summed E-state index contributed by atoms with van der Waals surface area (Å²) in [4.78, 5) is 12.9. The van der Waals surface area contributed by atoms with Gasteiger partial charge in [0.25, 0.3) is 5.91 Å². The number of sulfonamides is 1. The lowest BCUT2D eigenvalue weighted by Crippen LogP contribution is -2.40. The van der Waals surface area contributed by atoms with Gasteiger partial charge in [0.1, 0.15) is 0 Å². The number of nitrogens with zero attached hydrogens (tertiary/aromatic N) is 3. The van der Waals surface area contributed by atoms with Crippen molar-refractivity contribution >= 4 is 33.7 Å². The SMILES string of the molecule is Cc1ccc(-n2c(C)cc(/C=N/NC(=O)CN(CCc3ccccc3)S(=O)(=O)c3ccc(Cl)cc3)c2C)cc1C. The molecule has 0 saturated heterocycles. The maximum Gasteiger partial charge on any atom is 0.255 e. The molecule has 0 saturated carbocycles. The van der Waals surface area contributed by atoms with Crippen LogP contribution in [0, 0.1) is 27.7 Å². The van der Waals surface area contributed by atoms with Gasteiger partial charge in [0, 0.05) is 34.2 Å². The fourth-order valence-corrected chi connectivity index (χ4v) is 6.01. The minimum Gasteiger partial charge on any atom is -0.318 e. The summed E-state index contributed by atoms with van der Waals surface area (Å²) in [5.41, 5.74) is 9.83. The van der Waals surface area contributed by atoms with E-state index in [1.54, 1.807) is 6.21 Å². The van der Waals surface area contributed by atoms with Crippen LogP contribution in [-0.4, -0.2) is 42.5 Å². The quantitative estimate of drug-likeness (QED) is 0.193. The first-order chi connectivity index (χ1) is 19.1. The Bertz CT molecular complexity index is 1630. The fraction of sp³-hybridized carbons (Fsp3) is 0.226. The number of rotatable bonds is 10. The van der Waals surface area contributed by atoms with Crippen molar-refractivity contribution in [3.05, 3.63) is 118 Å². The minimum atomic E-state index is -3.95. The summed E-state index contributed by atoms with van der Waals surface area (Å²) in [6.45, 7) is 7.93. The zero-order valence-corrected chi connectivity index (χ0v) is 24.6. The average molecular weight is 577 g/mol. The predicted octanol–water partition coefficient (Wildman–Crippen LogP) is 5.75. The van der Waals surface area contributed by atoms with E-state index < -0.39 is 15.9 Å². The smallest absolute Gasteiger partial charge is 0.255 e. The first-order valence-corrected chi connectivity index (χ1v) is 14.8. The van der Waals surface area contributed by atoms with Gasteiger partial charge in [-0.15, -0.1) is 0 Å². The molecule has 0 atom stereocenters. The van der Waals surface area contributed by atoms with Crippen LogP contribution in [0.25, 0.3) is 5.69 Å². The first-order valence-electron chi connectivity index (χ1n) is 12.9. The van der Waals surface area contributed by atoms with Crippen molar-refractivity contribution in [2.45, 2.75) is 39.0 Å². The van der Waals surface area contributed by atoms with Gasteiger partial charge in [-0.3, -0.25) is 4.79 Å². The second-order valence-electron chi connectivity index (χ2n) is 9.75. The summed E-state index contributed by atoms with van der Waals surface area (Å²) in [6, 6.07) is 23.8. The lowest BCUT2D eigenvalue weighted by atomic mass is 10.1. The maximum atomic E-state index is 13.4. The van der Waals surface area contributed by atoms with Crippen LogP contribution in [0.5, 0.6) is 0 Å². The highest BCUT2D eigenvalue weighted by atomic mass is 35.5. The van der Waals surface area contributed by atoms with Crippen molar-refractivity contribution in [1.82, 2.24) is 14.3 Å². The molecule has 0 aliphatic heterocycles. The Hall–Kier alpha value is -3.72. The Labute approximate surface area is 241 Å². The van der Waals surface area contributed by atoms with E-state index in [1.165, 1.54) is 39.7 Å². The molecule has 7 nitrogen and oxygen atoms in total. The third kappa shape index (κ3) is 6.88. The Balaban J connectivity index is 1.49. The Kier molecular flexibility index (Phi) is 9.25. The van der Waals surface area contributed by atoms with Crippen LogP contribution in [0.2, 0.25) is 5.02 Å². The van der Waals surface area contributed by atoms with Crippen LogP contribution in [0.1, 0.15) is 33.6 Å².